The first-order valence-corrected chi connectivity index (χ1v) is 15.9. The van der Waals surface area contributed by atoms with Crippen LogP contribution in [0.15, 0.2) is 36.4 Å². The van der Waals surface area contributed by atoms with Gasteiger partial charge in [0, 0.05) is 43.9 Å². The Kier molecular flexibility index (Phi) is 16.5. The summed E-state index contributed by atoms with van der Waals surface area (Å²) in [6.07, 6.45) is 5.00. The van der Waals surface area contributed by atoms with Gasteiger partial charge in [-0.15, -0.1) is 0 Å². The van der Waals surface area contributed by atoms with E-state index in [1.165, 1.54) is 12.2 Å². The van der Waals surface area contributed by atoms with E-state index < -0.39 is 36.0 Å². The average Bonchev–Trinajstić information content (AvgIpc) is 3.34. The lowest BCUT2D eigenvalue weighted by atomic mass is 10.0. The number of alkyl carbamates (subject to hydrolysis) is 1. The van der Waals surface area contributed by atoms with Gasteiger partial charge in [0.25, 0.3) is 11.8 Å². The Labute approximate surface area is 274 Å². The third-order valence-corrected chi connectivity index (χ3v) is 7.22. The second-order valence-corrected chi connectivity index (χ2v) is 11.4. The highest BCUT2D eigenvalue weighted by atomic mass is 16.5. The van der Waals surface area contributed by atoms with Gasteiger partial charge in [0.1, 0.15) is 18.7 Å². The lowest BCUT2D eigenvalue weighted by Gasteiger charge is -2.25. The van der Waals surface area contributed by atoms with Crippen LogP contribution >= 0.6 is 0 Å². The molecule has 0 bridgehead atoms. The van der Waals surface area contributed by atoms with Crippen molar-refractivity contribution in [2.24, 2.45) is 11.7 Å². The van der Waals surface area contributed by atoms with Gasteiger partial charge in [-0.25, -0.2) is 9.59 Å². The maximum atomic E-state index is 13.4. The highest BCUT2D eigenvalue weighted by Gasteiger charge is 2.29. The number of hydrogen-bond donors (Lipinski definition) is 6. The van der Waals surface area contributed by atoms with Crippen molar-refractivity contribution >= 4 is 47.3 Å². The minimum atomic E-state index is -0.944. The van der Waals surface area contributed by atoms with Crippen LogP contribution in [-0.4, -0.2) is 78.3 Å². The molecule has 0 aromatic heterocycles. The van der Waals surface area contributed by atoms with Crippen LogP contribution in [0, 0.1) is 5.92 Å². The number of primary amides is 1. The summed E-state index contributed by atoms with van der Waals surface area (Å²) >= 11 is 0. The van der Waals surface area contributed by atoms with Crippen LogP contribution in [0.25, 0.3) is 0 Å². The van der Waals surface area contributed by atoms with Crippen LogP contribution in [-0.2, 0) is 35.3 Å². The van der Waals surface area contributed by atoms with E-state index in [0.717, 1.165) is 4.90 Å². The van der Waals surface area contributed by atoms with E-state index >= 15 is 0 Å². The summed E-state index contributed by atoms with van der Waals surface area (Å²) in [5.74, 6) is -2.27. The van der Waals surface area contributed by atoms with E-state index in [2.05, 4.69) is 26.6 Å². The molecule has 1 aliphatic heterocycles. The van der Waals surface area contributed by atoms with Gasteiger partial charge < -0.3 is 37.1 Å². The molecule has 0 radical (unpaired) electrons. The van der Waals surface area contributed by atoms with E-state index in [-0.39, 0.29) is 49.6 Å². The average molecular weight is 658 g/mol. The zero-order valence-electron chi connectivity index (χ0n) is 27.3. The Hall–Kier alpha value is -4.95. The highest BCUT2D eigenvalue weighted by Crippen LogP contribution is 2.14. The Morgan fingerprint density at radius 3 is 2.15 bits per heavy atom. The van der Waals surface area contributed by atoms with Gasteiger partial charge in [-0.2, -0.15) is 0 Å². The van der Waals surface area contributed by atoms with Gasteiger partial charge in [-0.1, -0.05) is 32.4 Å². The van der Waals surface area contributed by atoms with Gasteiger partial charge in [0.2, 0.25) is 17.7 Å². The predicted molar refractivity (Wildman–Crippen MR) is 173 cm³/mol. The number of nitrogens with zero attached hydrogens (tertiary/aromatic N) is 1. The van der Waals surface area contributed by atoms with Gasteiger partial charge >= 0.3 is 12.1 Å². The van der Waals surface area contributed by atoms with E-state index in [0.29, 0.717) is 56.4 Å². The molecule has 258 valence electrons. The number of unbranched alkanes of at least 4 members (excludes halogenated alkanes) is 3. The molecule has 0 fully saturated rings. The molecule has 1 aromatic rings. The monoisotopic (exact) mass is 657 g/mol. The number of urea groups is 1. The Morgan fingerprint density at radius 1 is 0.851 bits per heavy atom. The normalized spacial score (nSPS) is 13.6. The molecule has 8 amide bonds. The quantitative estimate of drug-likeness (QED) is 0.0895. The Balaban J connectivity index is 1.95. The number of amides is 8. The summed E-state index contributed by atoms with van der Waals surface area (Å²) in [6, 6.07) is 4.20. The molecule has 2 rings (SSSR count). The number of benzene rings is 1. The molecule has 15 nitrogen and oxygen atoms in total. The van der Waals surface area contributed by atoms with Crippen LogP contribution in [0.3, 0.4) is 0 Å². The largest absolute Gasteiger partial charge is 0.445 e. The molecule has 0 spiro atoms. The minimum absolute atomic E-state index is 0.0543. The molecule has 47 heavy (non-hydrogen) atoms. The van der Waals surface area contributed by atoms with E-state index in [4.69, 9.17) is 10.5 Å². The number of ether oxygens (including phenoxy) is 1. The van der Waals surface area contributed by atoms with Crippen molar-refractivity contribution in [2.45, 2.75) is 84.4 Å². The predicted octanol–water partition coefficient (Wildman–Crippen LogP) is 1.82. The molecule has 1 heterocycles. The number of carbonyl (C=O) groups excluding carboxylic acids is 7. The van der Waals surface area contributed by atoms with Crippen LogP contribution in [0.1, 0.15) is 71.3 Å². The Morgan fingerprint density at radius 2 is 1.53 bits per heavy atom. The number of carbonyl (C=O) groups is 7. The van der Waals surface area contributed by atoms with E-state index in [9.17, 15) is 33.6 Å². The van der Waals surface area contributed by atoms with Crippen molar-refractivity contribution in [3.8, 4) is 0 Å². The topological polar surface area (TPSA) is 218 Å². The molecule has 0 saturated heterocycles. The van der Waals surface area contributed by atoms with Crippen molar-refractivity contribution in [1.29, 1.82) is 0 Å². The zero-order valence-corrected chi connectivity index (χ0v) is 27.3. The fraction of sp³-hybridized carbons (Fsp3) is 0.531. The summed E-state index contributed by atoms with van der Waals surface area (Å²) in [5.41, 5.74) is 6.29. The number of rotatable bonds is 20. The molecular formula is C32H47N7O8. The molecule has 0 saturated carbocycles. The number of nitrogens with one attached hydrogen (secondary N) is 5. The first-order valence-electron chi connectivity index (χ1n) is 15.9. The smallest absolute Gasteiger partial charge is 0.407 e. The van der Waals surface area contributed by atoms with Crippen LogP contribution in [0.5, 0.6) is 0 Å². The van der Waals surface area contributed by atoms with E-state index in [1.54, 1.807) is 45.0 Å². The third-order valence-electron chi connectivity index (χ3n) is 7.22. The van der Waals surface area contributed by atoms with Gasteiger partial charge in [-0.05, 0) is 62.6 Å². The van der Waals surface area contributed by atoms with Gasteiger partial charge in [-0.3, -0.25) is 28.9 Å². The standard InChI is InChI=1S/C32H47N7O8/c1-4-34-32(46)47-20-22-12-14-23(15-13-22)36-29(43)24(10-7-8-18-35-31(33)45)37-30(44)28(21(2)3)38-25(40)11-6-5-9-19-39-26(41)16-17-27(39)42/h12-17,21,24,28H,4-11,18-20H2,1-3H3,(H,34,46)(H,36,43)(H,37,44)(H,38,40)(H3,33,35,45)/t24-,28-/m0/s1. The van der Waals surface area contributed by atoms with Crippen molar-refractivity contribution in [1.82, 2.24) is 26.2 Å². The molecule has 7 N–H and O–H groups in total. The third kappa shape index (κ3) is 14.3. The summed E-state index contributed by atoms with van der Waals surface area (Å²) in [5, 5.41) is 13.4. The number of hydrogen-bond acceptors (Lipinski definition) is 8. The molecule has 1 aromatic carbocycles. The molecule has 0 unspecified atom stereocenters. The highest BCUT2D eigenvalue weighted by molar-refractivity contribution is 6.12. The van der Waals surface area contributed by atoms with Crippen molar-refractivity contribution in [3.63, 3.8) is 0 Å². The van der Waals surface area contributed by atoms with Crippen molar-refractivity contribution in [2.75, 3.05) is 25.0 Å². The number of anilines is 1. The van der Waals surface area contributed by atoms with Crippen molar-refractivity contribution in [3.05, 3.63) is 42.0 Å². The number of nitrogens with two attached hydrogens (primary N) is 1. The SMILES string of the molecule is CCNC(=O)OCc1ccc(NC(=O)[C@H](CCCCNC(N)=O)NC(=O)[C@@H](NC(=O)CCCCCN2C(=O)C=CC2=O)C(C)C)cc1. The van der Waals surface area contributed by atoms with E-state index in [1.807, 2.05) is 0 Å². The fourth-order valence-corrected chi connectivity index (χ4v) is 4.64. The molecule has 2 atom stereocenters. The molecule has 0 aliphatic carbocycles. The lowest BCUT2D eigenvalue weighted by Crippen LogP contribution is -2.54. The van der Waals surface area contributed by atoms with Crippen LogP contribution in [0.2, 0.25) is 0 Å². The summed E-state index contributed by atoms with van der Waals surface area (Å²) in [6.45, 7) is 6.43. The summed E-state index contributed by atoms with van der Waals surface area (Å²) < 4.78 is 5.10. The second-order valence-electron chi connectivity index (χ2n) is 11.4. The van der Waals surface area contributed by atoms with Crippen molar-refractivity contribution < 1.29 is 38.3 Å². The lowest BCUT2D eigenvalue weighted by molar-refractivity contribution is -0.137. The Bertz CT molecular complexity index is 1260. The van der Waals surface area contributed by atoms with Crippen LogP contribution in [0.4, 0.5) is 15.3 Å². The molecule has 15 heteroatoms. The molecule has 1 aliphatic rings. The fourth-order valence-electron chi connectivity index (χ4n) is 4.64. The summed E-state index contributed by atoms with van der Waals surface area (Å²) in [4.78, 5) is 86.4. The van der Waals surface area contributed by atoms with Crippen LogP contribution < -0.4 is 32.3 Å². The second kappa shape index (κ2) is 20.2. The first kappa shape index (κ1) is 38.2. The first-order chi connectivity index (χ1) is 22.4. The molecular weight excluding hydrogens is 610 g/mol. The van der Waals surface area contributed by atoms with Gasteiger partial charge in [0.05, 0.1) is 0 Å². The maximum Gasteiger partial charge on any atom is 0.407 e. The van der Waals surface area contributed by atoms with Gasteiger partial charge in [0.15, 0.2) is 0 Å². The summed E-state index contributed by atoms with van der Waals surface area (Å²) in [7, 11) is 0. The number of imide groups is 1. The minimum Gasteiger partial charge on any atom is -0.445 e. The maximum absolute atomic E-state index is 13.4. The zero-order chi connectivity index (χ0) is 34.8.